The molecule has 0 spiro atoms. The second-order valence-electron chi connectivity index (χ2n) is 14.3. The van der Waals surface area contributed by atoms with Crippen molar-refractivity contribution >= 4 is 20.8 Å². The molecule has 4 fully saturated rings. The van der Waals surface area contributed by atoms with Gasteiger partial charge in [0.15, 0.2) is 18.9 Å². The molecule has 0 aromatic heterocycles. The molecule has 0 amide bonds. The number of rotatable bonds is 12. The van der Waals surface area contributed by atoms with E-state index in [0.29, 0.717) is 0 Å². The molecule has 25 N–H and O–H groups in total. The lowest BCUT2D eigenvalue weighted by Gasteiger charge is -2.47. The second-order valence-corrected chi connectivity index (χ2v) is 16.1. The Morgan fingerprint density at radius 3 is 1.50 bits per heavy atom. The van der Waals surface area contributed by atoms with Crippen molar-refractivity contribution in [1.82, 2.24) is 5.43 Å². The maximum absolute atomic E-state index is 11.1. The molecule has 3 saturated heterocycles. The van der Waals surface area contributed by atoms with Crippen LogP contribution in [0.1, 0.15) is 12.0 Å². The fourth-order valence-electron chi connectivity index (χ4n) is 6.56. The van der Waals surface area contributed by atoms with Gasteiger partial charge in [-0.05, 0) is 18.4 Å². The third-order valence-corrected chi connectivity index (χ3v) is 9.72. The van der Waals surface area contributed by atoms with Crippen LogP contribution in [0.4, 0.5) is 0 Å². The van der Waals surface area contributed by atoms with Gasteiger partial charge in [-0.15, -0.1) is 0 Å². The molecule has 19 atom stereocenters. The number of ether oxygens (including phenoxy) is 6. The van der Waals surface area contributed by atoms with Gasteiger partial charge in [0.1, 0.15) is 67.1 Å². The van der Waals surface area contributed by atoms with Crippen molar-refractivity contribution in [2.24, 2.45) is 34.5 Å². The average molecular weight is 948 g/mol. The highest BCUT2D eigenvalue weighted by molar-refractivity contribution is 7.80. The standard InChI is InChI=1S/C23H45N5O14.C8H12N2.2H2O4S/c24-2-7-13(32)15(34)10(27)21(37-7)41-19-9(4-30)39-23(17(19)36)42-20-12(31)5(25)1-6(26)18(20)40-22-11(28)16(35)14(33)8(3-29)38-22;9-10-7-6-8-4-2-1-3-5-8;2*1-5(2,3)4/h5-23,29-36H,1-4,24-28H2;1-5,10H,6-7,9H2;2*(H2,1,2,3,4)/t5-,6+,7+,8-,9-,10-,11-,12+,13-,14-,15-,16-,17-,18-,19-,20-,21-,22-,23+;;;/m1.../s1. The molecule has 3 aliphatic heterocycles. The Kier molecular flexibility index (Phi) is 23.3. The maximum Gasteiger partial charge on any atom is 0.394 e. The molecule has 1 aliphatic carbocycles. The van der Waals surface area contributed by atoms with Crippen LogP contribution >= 0.6 is 0 Å². The van der Waals surface area contributed by atoms with Gasteiger partial charge in [-0.2, -0.15) is 16.8 Å². The summed E-state index contributed by atoms with van der Waals surface area (Å²) in [4.78, 5) is 0. The van der Waals surface area contributed by atoms with Crippen molar-refractivity contribution in [2.75, 3.05) is 26.3 Å². The quantitative estimate of drug-likeness (QED) is 0.0525. The molecule has 31 heteroatoms. The third-order valence-electron chi connectivity index (χ3n) is 9.72. The van der Waals surface area contributed by atoms with Gasteiger partial charge in [0.2, 0.25) is 0 Å². The normalized spacial score (nSPS) is 39.9. The van der Waals surface area contributed by atoms with E-state index >= 15 is 0 Å². The highest BCUT2D eigenvalue weighted by atomic mass is 32.3. The van der Waals surface area contributed by atoms with E-state index < -0.39 is 150 Å². The van der Waals surface area contributed by atoms with Crippen molar-refractivity contribution in [3.8, 4) is 0 Å². The van der Waals surface area contributed by atoms with Crippen LogP contribution in [0.5, 0.6) is 0 Å². The third kappa shape index (κ3) is 17.5. The Labute approximate surface area is 355 Å². The number of hydrogen-bond donors (Lipinski definition) is 19. The summed E-state index contributed by atoms with van der Waals surface area (Å²) in [6, 6.07) is 5.97. The molecule has 5 rings (SSSR count). The zero-order valence-corrected chi connectivity index (χ0v) is 34.5. The number of benzene rings is 1. The van der Waals surface area contributed by atoms with Gasteiger partial charge in [0, 0.05) is 25.2 Å². The van der Waals surface area contributed by atoms with Gasteiger partial charge in [-0.3, -0.25) is 29.5 Å². The van der Waals surface area contributed by atoms with E-state index in [1.165, 1.54) is 5.56 Å². The molecule has 0 radical (unpaired) electrons. The van der Waals surface area contributed by atoms with Gasteiger partial charge >= 0.3 is 20.8 Å². The lowest BCUT2D eigenvalue weighted by Crippen LogP contribution is -2.68. The van der Waals surface area contributed by atoms with E-state index in [0.717, 1.165) is 13.0 Å². The van der Waals surface area contributed by atoms with Crippen molar-refractivity contribution in [3.05, 3.63) is 35.9 Å². The summed E-state index contributed by atoms with van der Waals surface area (Å²) in [7, 11) is -9.33. The first-order chi connectivity index (χ1) is 28.8. The molecule has 0 unspecified atom stereocenters. The van der Waals surface area contributed by atoms with Crippen molar-refractivity contribution < 1.29 is 104 Å². The zero-order valence-electron chi connectivity index (χ0n) is 32.8. The van der Waals surface area contributed by atoms with Crippen LogP contribution in [0, 0.1) is 0 Å². The van der Waals surface area contributed by atoms with Crippen LogP contribution in [-0.4, -0.2) is 218 Å². The topological polar surface area (TPSA) is 535 Å². The van der Waals surface area contributed by atoms with Crippen LogP contribution in [0.3, 0.4) is 0 Å². The molecule has 1 aromatic carbocycles. The lowest BCUT2D eigenvalue weighted by molar-refractivity contribution is -0.310. The smallest absolute Gasteiger partial charge is 0.394 e. The van der Waals surface area contributed by atoms with Gasteiger partial charge in [0.05, 0.1) is 31.4 Å². The summed E-state index contributed by atoms with van der Waals surface area (Å²) >= 11 is 0. The lowest BCUT2D eigenvalue weighted by atomic mass is 9.84. The molecule has 0 bridgehead atoms. The Hall–Kier alpha value is -1.88. The summed E-state index contributed by atoms with van der Waals surface area (Å²) in [5.41, 5.74) is 33.8. The summed E-state index contributed by atoms with van der Waals surface area (Å²) < 4.78 is 97.6. The molecule has 3 heterocycles. The van der Waals surface area contributed by atoms with Crippen LogP contribution in [0.25, 0.3) is 0 Å². The fourth-order valence-corrected chi connectivity index (χ4v) is 6.56. The molecular formula is C31H61N7O22S2. The van der Waals surface area contributed by atoms with Crippen molar-refractivity contribution in [1.29, 1.82) is 0 Å². The highest BCUT2D eigenvalue weighted by Crippen LogP contribution is 2.34. The predicted molar refractivity (Wildman–Crippen MR) is 207 cm³/mol. The van der Waals surface area contributed by atoms with E-state index in [-0.39, 0.29) is 13.0 Å². The van der Waals surface area contributed by atoms with E-state index in [1.54, 1.807) is 0 Å². The number of hydrazine groups is 1. The SMILES string of the molecule is NC[C@@H]1O[C@H](O[C@H]2[C@@H](O)[C@H](O[C@@H]3[C@@H](O)[C@H](N)C[C@H](N)[C@H]3O[C@H]3O[C@H](CO)[C@@H](O)[C@H](O)[C@H]3N)O[C@@H]2CO)[C@H](N)[C@@H](O)[C@@H]1O.NNCCc1ccccc1.O=S(=O)(O)O.O=S(=O)(O)O. The first kappa shape index (κ1) is 56.2. The van der Waals surface area contributed by atoms with Crippen LogP contribution in [0.2, 0.25) is 0 Å². The van der Waals surface area contributed by atoms with Gasteiger partial charge in [0.25, 0.3) is 0 Å². The van der Waals surface area contributed by atoms with Crippen LogP contribution < -0.4 is 39.9 Å². The summed E-state index contributed by atoms with van der Waals surface area (Å²) in [5, 5.41) is 82.3. The van der Waals surface area contributed by atoms with Gasteiger partial charge in [-0.1, -0.05) is 30.3 Å². The summed E-state index contributed by atoms with van der Waals surface area (Å²) in [6.07, 6.45) is -19.5. The molecule has 4 aliphatic rings. The second kappa shape index (κ2) is 25.7. The van der Waals surface area contributed by atoms with Crippen molar-refractivity contribution in [2.45, 2.75) is 129 Å². The minimum atomic E-state index is -4.67. The Bertz CT molecular complexity index is 1600. The number of hydrogen-bond acceptors (Lipinski definition) is 25. The summed E-state index contributed by atoms with van der Waals surface area (Å²) in [6.45, 7) is -0.648. The molecule has 1 saturated carbocycles. The monoisotopic (exact) mass is 947 g/mol. The van der Waals surface area contributed by atoms with E-state index in [1.807, 2.05) is 18.2 Å². The number of aliphatic hydroxyl groups is 8. The van der Waals surface area contributed by atoms with Crippen LogP contribution in [0.15, 0.2) is 30.3 Å². The number of nitrogens with one attached hydrogen (secondary N) is 1. The number of aliphatic hydroxyl groups excluding tert-OH is 8. The van der Waals surface area contributed by atoms with E-state index in [2.05, 4.69) is 17.6 Å². The Morgan fingerprint density at radius 2 is 1.03 bits per heavy atom. The maximum atomic E-state index is 11.1. The molecule has 62 heavy (non-hydrogen) atoms. The largest absolute Gasteiger partial charge is 0.394 e. The first-order valence-corrected chi connectivity index (χ1v) is 21.4. The molecular weight excluding hydrogens is 887 g/mol. The first-order valence-electron chi connectivity index (χ1n) is 18.6. The Balaban J connectivity index is 0.000000542. The predicted octanol–water partition coefficient (Wildman–Crippen LogP) is -9.47. The molecule has 29 nitrogen and oxygen atoms in total. The molecule has 364 valence electrons. The van der Waals surface area contributed by atoms with Crippen molar-refractivity contribution in [3.63, 3.8) is 0 Å². The highest BCUT2D eigenvalue weighted by Gasteiger charge is 2.54. The van der Waals surface area contributed by atoms with E-state index in [9.17, 15) is 40.9 Å². The number of nitrogens with two attached hydrogens (primary N) is 6. The zero-order chi connectivity index (χ0) is 47.3. The average Bonchev–Trinajstić information content (AvgIpc) is 3.49. The van der Waals surface area contributed by atoms with Crippen LogP contribution in [-0.2, 0) is 55.6 Å². The van der Waals surface area contributed by atoms with Gasteiger partial charge in [-0.25, -0.2) is 0 Å². The minimum absolute atomic E-state index is 0.0642. The van der Waals surface area contributed by atoms with Gasteiger partial charge < -0.3 is 97.9 Å². The fraction of sp³-hybridized carbons (Fsp3) is 0.806. The van der Waals surface area contributed by atoms with E-state index in [4.69, 9.17) is 98.0 Å². The molecule has 1 aromatic rings. The summed E-state index contributed by atoms with van der Waals surface area (Å²) in [5.74, 6) is 5.13. The minimum Gasteiger partial charge on any atom is -0.394 e. The Morgan fingerprint density at radius 1 is 0.597 bits per heavy atom.